The Balaban J connectivity index is 1.91. The molecular formula is C17H14Cl2N2O2. The van der Waals surface area contributed by atoms with Crippen LogP contribution in [0.1, 0.15) is 30.7 Å². The van der Waals surface area contributed by atoms with Crippen LogP contribution < -0.4 is 10.6 Å². The highest BCUT2D eigenvalue weighted by atomic mass is 35.5. The van der Waals surface area contributed by atoms with Gasteiger partial charge < -0.3 is 10.6 Å². The van der Waals surface area contributed by atoms with Crippen molar-refractivity contribution in [3.05, 3.63) is 56.3 Å². The second kappa shape index (κ2) is 5.39. The van der Waals surface area contributed by atoms with E-state index in [1.807, 2.05) is 6.07 Å². The number of nitrogens with one attached hydrogen (secondary N) is 2. The smallest absolute Gasteiger partial charge is 0.249 e. The molecule has 2 aliphatic heterocycles. The molecule has 0 spiro atoms. The summed E-state index contributed by atoms with van der Waals surface area (Å²) in [7, 11) is 0. The minimum atomic E-state index is -0.369. The summed E-state index contributed by atoms with van der Waals surface area (Å²) < 4.78 is 0. The van der Waals surface area contributed by atoms with E-state index in [0.29, 0.717) is 40.6 Å². The molecule has 0 fully saturated rings. The topological polar surface area (TPSA) is 58.2 Å². The largest absolute Gasteiger partial charge is 0.361 e. The third-order valence-corrected chi connectivity index (χ3v) is 5.35. The first-order valence-corrected chi connectivity index (χ1v) is 8.31. The Bertz CT molecular complexity index is 811. The number of carbonyl (C=O) groups excluding carboxylic acids is 2. The van der Waals surface area contributed by atoms with E-state index in [-0.39, 0.29) is 17.6 Å². The maximum absolute atomic E-state index is 12.5. The molecule has 1 unspecified atom stereocenters. The number of benzene rings is 1. The fraction of sp³-hybridized carbons (Fsp3) is 0.294. The summed E-state index contributed by atoms with van der Waals surface area (Å²) in [6.07, 6.45) is 1.92. The first-order chi connectivity index (χ1) is 11.1. The fourth-order valence-corrected chi connectivity index (χ4v) is 3.90. The minimum Gasteiger partial charge on any atom is -0.361 e. The van der Waals surface area contributed by atoms with Crippen LogP contribution >= 0.6 is 23.2 Å². The van der Waals surface area contributed by atoms with Crippen molar-refractivity contribution in [1.82, 2.24) is 10.6 Å². The van der Waals surface area contributed by atoms with Crippen molar-refractivity contribution in [2.45, 2.75) is 25.2 Å². The summed E-state index contributed by atoms with van der Waals surface area (Å²) in [5.74, 6) is -0.402. The van der Waals surface area contributed by atoms with Crippen molar-refractivity contribution < 1.29 is 9.59 Å². The van der Waals surface area contributed by atoms with Crippen molar-refractivity contribution in [2.24, 2.45) is 0 Å². The van der Waals surface area contributed by atoms with Gasteiger partial charge in [0.1, 0.15) is 0 Å². The molecule has 1 amide bonds. The maximum atomic E-state index is 12.5. The summed E-state index contributed by atoms with van der Waals surface area (Å²) in [4.78, 5) is 24.9. The number of allylic oxidation sites excluding steroid dienone is 2. The van der Waals surface area contributed by atoms with Crippen LogP contribution in [0.15, 0.2) is 40.7 Å². The standard InChI is InChI=1S/C17H14Cl2N2O2/c18-9-2-1-8(7-10(9)19)14-15-11(3-4-13(15)22)21-12-5-6-20-17(23)16(12)14/h1-2,7,14,21H,3-6H2,(H,20,23). The van der Waals surface area contributed by atoms with Gasteiger partial charge in [-0.05, 0) is 24.1 Å². The molecule has 0 saturated heterocycles. The second-order valence-electron chi connectivity index (χ2n) is 5.95. The van der Waals surface area contributed by atoms with Crippen LogP contribution in [0.5, 0.6) is 0 Å². The number of carbonyl (C=O) groups is 2. The molecule has 3 aliphatic rings. The molecule has 1 atom stereocenters. The molecule has 0 saturated carbocycles. The quantitative estimate of drug-likeness (QED) is 0.819. The van der Waals surface area contributed by atoms with E-state index in [1.165, 1.54) is 0 Å². The van der Waals surface area contributed by atoms with E-state index in [4.69, 9.17) is 23.2 Å². The highest BCUT2D eigenvalue weighted by Gasteiger charge is 2.41. The molecule has 4 nitrogen and oxygen atoms in total. The molecule has 23 heavy (non-hydrogen) atoms. The Morgan fingerprint density at radius 2 is 1.74 bits per heavy atom. The molecule has 1 aromatic carbocycles. The average Bonchev–Trinajstić information content (AvgIpc) is 2.90. The van der Waals surface area contributed by atoms with Crippen LogP contribution in [0.25, 0.3) is 0 Å². The van der Waals surface area contributed by atoms with Crippen molar-refractivity contribution >= 4 is 34.9 Å². The van der Waals surface area contributed by atoms with Gasteiger partial charge in [0.2, 0.25) is 5.91 Å². The lowest BCUT2D eigenvalue weighted by Gasteiger charge is -2.33. The Morgan fingerprint density at radius 1 is 0.957 bits per heavy atom. The van der Waals surface area contributed by atoms with Gasteiger partial charge in [0.15, 0.2) is 5.78 Å². The molecule has 0 bridgehead atoms. The van der Waals surface area contributed by atoms with E-state index < -0.39 is 0 Å². The van der Waals surface area contributed by atoms with Gasteiger partial charge in [-0.1, -0.05) is 29.3 Å². The molecule has 0 aromatic heterocycles. The summed E-state index contributed by atoms with van der Waals surface area (Å²) in [5, 5.41) is 7.08. The Labute approximate surface area is 143 Å². The molecule has 1 aromatic rings. The van der Waals surface area contributed by atoms with Crippen LogP contribution in [0.4, 0.5) is 0 Å². The van der Waals surface area contributed by atoms with Gasteiger partial charge in [0.25, 0.3) is 0 Å². The van der Waals surface area contributed by atoms with Gasteiger partial charge >= 0.3 is 0 Å². The number of dihydropyridines is 1. The lowest BCUT2D eigenvalue weighted by molar-refractivity contribution is -0.118. The van der Waals surface area contributed by atoms with Crippen molar-refractivity contribution in [3.8, 4) is 0 Å². The van der Waals surface area contributed by atoms with Gasteiger partial charge in [-0.25, -0.2) is 0 Å². The number of Topliss-reactive ketones (excluding diaryl/α,β-unsaturated/α-hetero) is 1. The SMILES string of the molecule is O=C1CCC2=C1C(c1ccc(Cl)c(Cl)c1)C1=C(CCNC1=O)N2. The molecular weight excluding hydrogens is 335 g/mol. The van der Waals surface area contributed by atoms with E-state index in [9.17, 15) is 9.59 Å². The van der Waals surface area contributed by atoms with Crippen molar-refractivity contribution in [3.63, 3.8) is 0 Å². The molecule has 6 heteroatoms. The fourth-order valence-electron chi connectivity index (χ4n) is 3.60. The molecule has 2 heterocycles. The Hall–Kier alpha value is -1.78. The molecule has 4 rings (SSSR count). The van der Waals surface area contributed by atoms with Crippen molar-refractivity contribution in [1.29, 1.82) is 0 Å². The van der Waals surface area contributed by atoms with Crippen molar-refractivity contribution in [2.75, 3.05) is 6.54 Å². The van der Waals surface area contributed by atoms with Crippen LogP contribution in [0.3, 0.4) is 0 Å². The van der Waals surface area contributed by atoms with E-state index in [2.05, 4.69) is 10.6 Å². The molecule has 118 valence electrons. The normalized spacial score (nSPS) is 23.5. The van der Waals surface area contributed by atoms with Crippen LogP contribution in [0.2, 0.25) is 10.0 Å². The zero-order chi connectivity index (χ0) is 16.1. The lowest BCUT2D eigenvalue weighted by atomic mass is 9.78. The first-order valence-electron chi connectivity index (χ1n) is 7.55. The van der Waals surface area contributed by atoms with Crippen LogP contribution in [-0.2, 0) is 9.59 Å². The van der Waals surface area contributed by atoms with Gasteiger partial charge in [-0.2, -0.15) is 0 Å². The monoisotopic (exact) mass is 348 g/mol. The first kappa shape index (κ1) is 14.8. The van der Waals surface area contributed by atoms with Gasteiger partial charge in [0, 0.05) is 47.8 Å². The predicted molar refractivity (Wildman–Crippen MR) is 88.3 cm³/mol. The molecule has 1 aliphatic carbocycles. The summed E-state index contributed by atoms with van der Waals surface area (Å²) >= 11 is 12.2. The number of ketones is 1. The minimum absolute atomic E-state index is 0.0912. The third-order valence-electron chi connectivity index (χ3n) is 4.61. The summed E-state index contributed by atoms with van der Waals surface area (Å²) in [6.45, 7) is 0.606. The van der Waals surface area contributed by atoms with Crippen LogP contribution in [-0.4, -0.2) is 18.2 Å². The number of amides is 1. The van der Waals surface area contributed by atoms with E-state index >= 15 is 0 Å². The molecule has 0 radical (unpaired) electrons. The van der Waals surface area contributed by atoms with E-state index in [1.54, 1.807) is 12.1 Å². The number of rotatable bonds is 1. The lowest BCUT2D eigenvalue weighted by Crippen LogP contribution is -2.40. The Morgan fingerprint density at radius 3 is 2.52 bits per heavy atom. The second-order valence-corrected chi connectivity index (χ2v) is 6.76. The Kier molecular flexibility index (Phi) is 3.47. The molecule has 2 N–H and O–H groups in total. The zero-order valence-corrected chi connectivity index (χ0v) is 13.7. The summed E-state index contributed by atoms with van der Waals surface area (Å²) in [6, 6.07) is 5.30. The number of halogens is 2. The average molecular weight is 349 g/mol. The van der Waals surface area contributed by atoms with Gasteiger partial charge in [-0.15, -0.1) is 0 Å². The number of hydrogen-bond acceptors (Lipinski definition) is 3. The van der Waals surface area contributed by atoms with Crippen LogP contribution in [0, 0.1) is 0 Å². The van der Waals surface area contributed by atoms with Gasteiger partial charge in [0.05, 0.1) is 10.0 Å². The number of hydrogen-bond donors (Lipinski definition) is 2. The summed E-state index contributed by atoms with van der Waals surface area (Å²) in [5.41, 5.74) is 4.01. The highest BCUT2D eigenvalue weighted by molar-refractivity contribution is 6.42. The maximum Gasteiger partial charge on any atom is 0.249 e. The predicted octanol–water partition coefficient (Wildman–Crippen LogP) is 3.07. The van der Waals surface area contributed by atoms with E-state index in [0.717, 1.165) is 23.4 Å². The van der Waals surface area contributed by atoms with Gasteiger partial charge in [-0.3, -0.25) is 9.59 Å². The third kappa shape index (κ3) is 2.28. The highest BCUT2D eigenvalue weighted by Crippen LogP contribution is 2.45. The zero-order valence-electron chi connectivity index (χ0n) is 12.2.